The van der Waals surface area contributed by atoms with Crippen LogP contribution in [0.4, 0.5) is 16.0 Å². The molecule has 0 aromatic carbocycles. The Morgan fingerprint density at radius 3 is 2.77 bits per heavy atom. The van der Waals surface area contributed by atoms with Gasteiger partial charge in [0.05, 0.1) is 18.3 Å². The van der Waals surface area contributed by atoms with Gasteiger partial charge in [0.1, 0.15) is 5.65 Å². The highest BCUT2D eigenvalue weighted by Crippen LogP contribution is 2.26. The van der Waals surface area contributed by atoms with Crippen LogP contribution in [0.5, 0.6) is 0 Å². The first kappa shape index (κ1) is 20.8. The SMILES string of the molecule is Cc1c(F)c(=O)n(CCC(=O)O)c2nc(N(c3cccnc3)N3CCNCC3)ncc12. The second-order valence-electron chi connectivity index (χ2n) is 7.17. The van der Waals surface area contributed by atoms with Crippen LogP contribution in [0.25, 0.3) is 11.0 Å². The summed E-state index contributed by atoms with van der Waals surface area (Å²) < 4.78 is 15.6. The number of fused-ring (bicyclic) bond motifs is 1. The van der Waals surface area contributed by atoms with Crippen LogP contribution in [0, 0.1) is 12.7 Å². The molecule has 2 N–H and O–H groups in total. The standard InChI is InChI=1S/C20H22FN7O3/c1-13-15-12-24-20(25-18(15)27(8-4-16(29)30)19(31)17(13)21)28(14-3-2-5-23-11-14)26-9-6-22-7-10-26/h2-3,5,11-12,22H,4,6-10H2,1H3,(H,29,30). The fourth-order valence-corrected chi connectivity index (χ4v) is 3.58. The summed E-state index contributed by atoms with van der Waals surface area (Å²) in [6, 6.07) is 3.67. The Labute approximate surface area is 176 Å². The summed E-state index contributed by atoms with van der Waals surface area (Å²) in [7, 11) is 0. The van der Waals surface area contributed by atoms with Crippen molar-refractivity contribution in [2.24, 2.45) is 0 Å². The molecule has 10 nitrogen and oxygen atoms in total. The number of hydrazine groups is 1. The first-order valence-corrected chi connectivity index (χ1v) is 9.90. The molecule has 0 amide bonds. The zero-order chi connectivity index (χ0) is 22.0. The van der Waals surface area contributed by atoms with Crippen molar-refractivity contribution < 1.29 is 14.3 Å². The summed E-state index contributed by atoms with van der Waals surface area (Å²) in [5.74, 6) is -1.73. The molecule has 0 atom stereocenters. The van der Waals surface area contributed by atoms with Crippen LogP contribution in [-0.2, 0) is 11.3 Å². The molecule has 1 aliphatic rings. The molecule has 162 valence electrons. The lowest BCUT2D eigenvalue weighted by Crippen LogP contribution is -2.51. The maximum Gasteiger partial charge on any atom is 0.305 e. The second kappa shape index (κ2) is 8.74. The zero-order valence-corrected chi connectivity index (χ0v) is 17.0. The number of piperazine rings is 1. The summed E-state index contributed by atoms with van der Waals surface area (Å²) in [5, 5.41) is 16.6. The minimum absolute atomic E-state index is 0.133. The van der Waals surface area contributed by atoms with E-state index in [0.717, 1.165) is 23.3 Å². The quantitative estimate of drug-likeness (QED) is 0.596. The van der Waals surface area contributed by atoms with Crippen LogP contribution in [0.15, 0.2) is 35.5 Å². The van der Waals surface area contributed by atoms with Crippen molar-refractivity contribution in [3.8, 4) is 0 Å². The third-order valence-electron chi connectivity index (χ3n) is 5.18. The molecule has 0 radical (unpaired) electrons. The first-order chi connectivity index (χ1) is 15.0. The number of aromatic nitrogens is 4. The van der Waals surface area contributed by atoms with Crippen molar-refractivity contribution >= 4 is 28.6 Å². The number of aryl methyl sites for hydroxylation is 2. The number of carboxylic acids is 1. The van der Waals surface area contributed by atoms with Crippen molar-refractivity contribution in [3.63, 3.8) is 0 Å². The van der Waals surface area contributed by atoms with Crippen molar-refractivity contribution in [2.45, 2.75) is 19.9 Å². The Morgan fingerprint density at radius 1 is 1.32 bits per heavy atom. The third kappa shape index (κ3) is 4.09. The molecule has 1 aliphatic heterocycles. The molecule has 31 heavy (non-hydrogen) atoms. The number of aliphatic carboxylic acids is 1. The molecule has 1 saturated heterocycles. The minimum atomic E-state index is -1.09. The monoisotopic (exact) mass is 427 g/mol. The molecule has 3 aromatic heterocycles. The fraction of sp³-hybridized carbons (Fsp3) is 0.350. The molecule has 11 heteroatoms. The normalized spacial score (nSPS) is 14.6. The van der Waals surface area contributed by atoms with Gasteiger partial charge in [0.25, 0.3) is 5.56 Å². The van der Waals surface area contributed by atoms with Gasteiger partial charge in [-0.15, -0.1) is 0 Å². The Kier molecular flexibility index (Phi) is 5.87. The van der Waals surface area contributed by atoms with Gasteiger partial charge in [0.2, 0.25) is 5.95 Å². The van der Waals surface area contributed by atoms with Gasteiger partial charge in [-0.2, -0.15) is 4.98 Å². The van der Waals surface area contributed by atoms with Gasteiger partial charge in [-0.25, -0.2) is 19.4 Å². The average Bonchev–Trinajstić information content (AvgIpc) is 2.79. The molecule has 0 saturated carbocycles. The smallest absolute Gasteiger partial charge is 0.305 e. The molecule has 0 unspecified atom stereocenters. The van der Waals surface area contributed by atoms with Crippen molar-refractivity contribution in [1.29, 1.82) is 0 Å². The first-order valence-electron chi connectivity index (χ1n) is 9.90. The van der Waals surface area contributed by atoms with E-state index in [-0.39, 0.29) is 30.1 Å². The maximum absolute atomic E-state index is 14.5. The number of carboxylic acid groups (broad SMARTS) is 1. The predicted octanol–water partition coefficient (Wildman–Crippen LogP) is 1.07. The molecule has 3 aromatic rings. The van der Waals surface area contributed by atoms with Gasteiger partial charge < -0.3 is 10.4 Å². The van der Waals surface area contributed by atoms with Crippen molar-refractivity contribution in [3.05, 3.63) is 52.5 Å². The van der Waals surface area contributed by atoms with Crippen LogP contribution in [-0.4, -0.2) is 61.8 Å². The fourth-order valence-electron chi connectivity index (χ4n) is 3.58. The van der Waals surface area contributed by atoms with E-state index in [9.17, 15) is 14.0 Å². The molecule has 0 bridgehead atoms. The van der Waals surface area contributed by atoms with E-state index in [4.69, 9.17) is 5.11 Å². The average molecular weight is 427 g/mol. The van der Waals surface area contributed by atoms with Crippen LogP contribution in [0.1, 0.15) is 12.0 Å². The molecular formula is C20H22FN7O3. The molecule has 1 fully saturated rings. The minimum Gasteiger partial charge on any atom is -0.481 e. The van der Waals surface area contributed by atoms with E-state index < -0.39 is 17.3 Å². The van der Waals surface area contributed by atoms with Gasteiger partial charge in [-0.3, -0.25) is 19.1 Å². The summed E-state index contributed by atoms with van der Waals surface area (Å²) in [5.41, 5.74) is 0.167. The molecule has 0 aliphatic carbocycles. The lowest BCUT2D eigenvalue weighted by Gasteiger charge is -2.37. The number of rotatable bonds is 6. The highest BCUT2D eigenvalue weighted by atomic mass is 19.1. The Balaban J connectivity index is 1.89. The van der Waals surface area contributed by atoms with Gasteiger partial charge in [0.15, 0.2) is 5.82 Å². The Morgan fingerprint density at radius 2 is 2.10 bits per heavy atom. The summed E-state index contributed by atoms with van der Waals surface area (Å²) in [4.78, 5) is 36.9. The number of carbonyl (C=O) groups is 1. The maximum atomic E-state index is 14.5. The van der Waals surface area contributed by atoms with E-state index in [1.165, 1.54) is 13.1 Å². The Bertz CT molecular complexity index is 1160. The third-order valence-corrected chi connectivity index (χ3v) is 5.18. The molecule has 0 spiro atoms. The topological polar surface area (TPSA) is 116 Å². The van der Waals surface area contributed by atoms with Crippen molar-refractivity contribution in [2.75, 3.05) is 31.2 Å². The van der Waals surface area contributed by atoms with Crippen LogP contribution in [0.3, 0.4) is 0 Å². The lowest BCUT2D eigenvalue weighted by atomic mass is 10.2. The van der Waals surface area contributed by atoms with Gasteiger partial charge in [-0.05, 0) is 19.1 Å². The number of pyridine rings is 2. The van der Waals surface area contributed by atoms with Crippen LogP contribution in [0.2, 0.25) is 0 Å². The highest BCUT2D eigenvalue weighted by Gasteiger charge is 2.24. The van der Waals surface area contributed by atoms with Gasteiger partial charge in [0, 0.05) is 56.1 Å². The summed E-state index contributed by atoms with van der Waals surface area (Å²) in [6.07, 6.45) is 4.48. The Hall–Kier alpha value is -3.44. The van der Waals surface area contributed by atoms with Gasteiger partial charge in [-0.1, -0.05) is 0 Å². The zero-order valence-electron chi connectivity index (χ0n) is 17.0. The van der Waals surface area contributed by atoms with Gasteiger partial charge >= 0.3 is 5.97 Å². The van der Waals surface area contributed by atoms with E-state index in [1.807, 2.05) is 11.1 Å². The van der Waals surface area contributed by atoms with Crippen LogP contribution < -0.4 is 15.9 Å². The summed E-state index contributed by atoms with van der Waals surface area (Å²) >= 11 is 0. The predicted molar refractivity (Wildman–Crippen MR) is 112 cm³/mol. The number of hydrogen-bond acceptors (Lipinski definition) is 8. The number of halogens is 1. The van der Waals surface area contributed by atoms with Crippen LogP contribution >= 0.6 is 0 Å². The molecular weight excluding hydrogens is 405 g/mol. The highest BCUT2D eigenvalue weighted by molar-refractivity contribution is 5.80. The largest absolute Gasteiger partial charge is 0.481 e. The lowest BCUT2D eigenvalue weighted by molar-refractivity contribution is -0.137. The van der Waals surface area contributed by atoms with Crippen molar-refractivity contribution in [1.82, 2.24) is 29.8 Å². The van der Waals surface area contributed by atoms with E-state index in [1.54, 1.807) is 18.5 Å². The number of nitrogens with zero attached hydrogens (tertiary/aromatic N) is 6. The van der Waals surface area contributed by atoms with E-state index >= 15 is 0 Å². The summed E-state index contributed by atoms with van der Waals surface area (Å²) in [6.45, 7) is 4.24. The second-order valence-corrected chi connectivity index (χ2v) is 7.17. The van der Waals surface area contributed by atoms with E-state index in [0.29, 0.717) is 18.5 Å². The van der Waals surface area contributed by atoms with E-state index in [2.05, 4.69) is 25.3 Å². The number of hydrogen-bond donors (Lipinski definition) is 2. The number of nitrogens with one attached hydrogen (secondary N) is 1. The number of anilines is 2. The molecule has 4 heterocycles. The molecule has 4 rings (SSSR count).